The predicted molar refractivity (Wildman–Crippen MR) is 26.3 cm³/mol. The Labute approximate surface area is 48.6 Å². The Hall–Kier alpha value is -0.423. The van der Waals surface area contributed by atoms with Crippen LogP contribution in [0.3, 0.4) is 0 Å². The molecule has 0 fully saturated rings. The second-order valence-electron chi connectivity index (χ2n) is 1.43. The fraction of sp³-hybridized carbons (Fsp3) is 1.00. The van der Waals surface area contributed by atoms with Gasteiger partial charge < -0.3 is 14.3 Å². The van der Waals surface area contributed by atoms with E-state index in [2.05, 4.69) is 4.43 Å². The molecule has 5 heteroatoms. The molecule has 0 radical (unpaired) electrons. The minimum absolute atomic E-state index is 0.0751. The van der Waals surface area contributed by atoms with Crippen LogP contribution in [-0.4, -0.2) is 31.8 Å². The fourth-order valence-electron chi connectivity index (χ4n) is 0.192. The summed E-state index contributed by atoms with van der Waals surface area (Å²) in [4.78, 5) is 8.01. The van der Waals surface area contributed by atoms with Gasteiger partial charge in [0.05, 0.1) is 6.10 Å². The van der Waals surface area contributed by atoms with E-state index in [4.69, 9.17) is 9.90 Å². The van der Waals surface area contributed by atoms with Crippen molar-refractivity contribution in [3.63, 3.8) is 0 Å². The van der Waals surface area contributed by atoms with E-state index in [1.165, 1.54) is 6.92 Å². The highest BCUT2D eigenvalue weighted by atomic mass is 28.3. The molecule has 1 unspecified atom stereocenters. The minimum atomic E-state index is -2.84. The molecule has 0 saturated carbocycles. The molecule has 0 bridgehead atoms. The summed E-state index contributed by atoms with van der Waals surface area (Å²) < 4.78 is 13.9. The summed E-state index contributed by atoms with van der Waals surface area (Å²) in [6.07, 6.45) is -0.670. The molecule has 0 aliphatic heterocycles. The van der Waals surface area contributed by atoms with Crippen molar-refractivity contribution in [1.82, 2.24) is 0 Å². The van der Waals surface area contributed by atoms with Gasteiger partial charge in [0, 0.05) is 0 Å². The normalized spacial score (nSPS) is 12.8. The van der Waals surface area contributed by atoms with Crippen LogP contribution >= 0.6 is 0 Å². The van der Waals surface area contributed by atoms with Crippen molar-refractivity contribution >= 4 is 9.17 Å². The molecule has 0 aromatic rings. The second-order valence-corrected chi connectivity index (χ2v) is 2.25. The summed E-state index contributed by atoms with van der Waals surface area (Å²) in [5.41, 5.74) is 0. The van der Waals surface area contributed by atoms with Gasteiger partial charge in [-0.3, -0.25) is 4.46 Å². The van der Waals surface area contributed by atoms with Gasteiger partial charge in [0.25, 0.3) is 0 Å². The Morgan fingerprint density at radius 2 is 2.38 bits per heavy atom. The largest absolute Gasteiger partial charge is 0.764 e. The Kier molecular flexibility index (Phi) is 3.37. The van der Waals surface area contributed by atoms with Gasteiger partial charge in [-0.1, -0.05) is 0 Å². The van der Waals surface area contributed by atoms with Gasteiger partial charge >= 0.3 is 9.17 Å². The molecule has 0 aliphatic carbocycles. The summed E-state index contributed by atoms with van der Waals surface area (Å²) in [5.74, 6) is 0. The zero-order valence-corrected chi connectivity index (χ0v) is 5.50. The number of aliphatic hydroxyl groups excluding tert-OH is 1. The lowest BCUT2D eigenvalue weighted by molar-refractivity contribution is 0.102. The van der Waals surface area contributed by atoms with Crippen LogP contribution in [0.5, 0.6) is 0 Å². The first-order valence-electron chi connectivity index (χ1n) is 2.16. The van der Waals surface area contributed by atoms with Gasteiger partial charge in [-0.05, 0) is 6.92 Å². The van der Waals surface area contributed by atoms with Crippen LogP contribution in [0.25, 0.3) is 0 Å². The van der Waals surface area contributed by atoms with E-state index in [-0.39, 0.29) is 6.61 Å². The van der Waals surface area contributed by atoms with Crippen LogP contribution in [0.2, 0.25) is 0 Å². The van der Waals surface area contributed by atoms with Gasteiger partial charge in [0.2, 0.25) is 0 Å². The number of hydrogen-bond donors (Lipinski definition) is 2. The molecule has 4 nitrogen and oxygen atoms in total. The maximum atomic E-state index is 9.76. The molecule has 0 saturated heterocycles. The first-order chi connectivity index (χ1) is 3.63. The molecule has 0 aromatic carbocycles. The minimum Gasteiger partial charge on any atom is -0.511 e. The van der Waals surface area contributed by atoms with E-state index in [1.54, 1.807) is 0 Å². The summed E-state index contributed by atoms with van der Waals surface area (Å²) in [7, 11) is -2.84. The van der Waals surface area contributed by atoms with Gasteiger partial charge in [-0.15, -0.1) is 0 Å². The lowest BCUT2D eigenvalue weighted by Crippen LogP contribution is -2.15. The molecule has 0 spiro atoms. The van der Waals surface area contributed by atoms with Crippen molar-refractivity contribution in [3.8, 4) is 0 Å². The van der Waals surface area contributed by atoms with Crippen molar-refractivity contribution < 1.29 is 18.8 Å². The molecule has 0 aromatic heterocycles. The molecule has 2 N–H and O–H groups in total. The zero-order chi connectivity index (χ0) is 6.57. The van der Waals surface area contributed by atoms with Crippen LogP contribution in [0.1, 0.15) is 6.92 Å². The topological polar surface area (TPSA) is 66.8 Å². The van der Waals surface area contributed by atoms with Crippen LogP contribution in [0.15, 0.2) is 0 Å². The van der Waals surface area contributed by atoms with Gasteiger partial charge in [-0.2, -0.15) is 0 Å². The van der Waals surface area contributed by atoms with E-state index in [1.807, 2.05) is 0 Å². The number of rotatable bonds is 3. The number of aliphatic hydroxyl groups is 1. The second kappa shape index (κ2) is 3.56. The Bertz CT molecular complexity index is 81.4. The average molecular weight is 136 g/mol. The fourth-order valence-corrected chi connectivity index (χ4v) is 0.576. The molecule has 0 aliphatic rings. The summed E-state index contributed by atoms with van der Waals surface area (Å²) >= 11 is 0. The smallest absolute Gasteiger partial charge is 0.511 e. The van der Waals surface area contributed by atoms with Crippen molar-refractivity contribution in [3.05, 3.63) is 0 Å². The lowest BCUT2D eigenvalue weighted by atomic mass is 10.5. The zero-order valence-electron chi connectivity index (χ0n) is 4.50. The van der Waals surface area contributed by atoms with Crippen molar-refractivity contribution in [2.45, 2.75) is 13.0 Å². The maximum Gasteiger partial charge on any atom is 0.764 e. The van der Waals surface area contributed by atoms with Crippen LogP contribution in [0.4, 0.5) is 0 Å². The highest BCUT2D eigenvalue weighted by Gasteiger charge is 2.04. The SMILES string of the molecule is CC(O)CO[Si](=O)O. The third-order valence-corrected chi connectivity index (χ3v) is 0.862. The van der Waals surface area contributed by atoms with E-state index in [9.17, 15) is 4.46 Å². The quantitative estimate of drug-likeness (QED) is 0.478. The van der Waals surface area contributed by atoms with Crippen molar-refractivity contribution in [2.75, 3.05) is 6.61 Å². The van der Waals surface area contributed by atoms with Crippen molar-refractivity contribution in [1.29, 1.82) is 0 Å². The van der Waals surface area contributed by atoms with Gasteiger partial charge in [0.15, 0.2) is 0 Å². The maximum absolute atomic E-state index is 9.76. The van der Waals surface area contributed by atoms with Gasteiger partial charge in [-0.25, -0.2) is 0 Å². The summed E-state index contributed by atoms with van der Waals surface area (Å²) in [6.45, 7) is 1.40. The Morgan fingerprint density at radius 1 is 1.88 bits per heavy atom. The molecular formula is C3H8O4Si. The predicted octanol–water partition coefficient (Wildman–Crippen LogP) is -1.21. The molecule has 1 atom stereocenters. The molecule has 0 heterocycles. The van der Waals surface area contributed by atoms with E-state index >= 15 is 0 Å². The third kappa shape index (κ3) is 5.58. The first-order valence-corrected chi connectivity index (χ1v) is 3.43. The number of hydrogen-bond acceptors (Lipinski definition) is 3. The average Bonchev–Trinajstić information content (AvgIpc) is 1.61. The monoisotopic (exact) mass is 136 g/mol. The molecule has 0 rings (SSSR count). The third-order valence-electron chi connectivity index (χ3n) is 0.448. The molecule has 48 valence electrons. The first kappa shape index (κ1) is 7.58. The Morgan fingerprint density at radius 3 is 2.50 bits per heavy atom. The van der Waals surface area contributed by atoms with Gasteiger partial charge in [0.1, 0.15) is 6.61 Å². The van der Waals surface area contributed by atoms with E-state index in [0.717, 1.165) is 0 Å². The van der Waals surface area contributed by atoms with Crippen LogP contribution in [-0.2, 0) is 8.89 Å². The lowest BCUT2D eigenvalue weighted by Gasteiger charge is -2.00. The van der Waals surface area contributed by atoms with E-state index < -0.39 is 15.3 Å². The van der Waals surface area contributed by atoms with E-state index in [0.29, 0.717) is 0 Å². The molecule has 8 heavy (non-hydrogen) atoms. The highest BCUT2D eigenvalue weighted by molar-refractivity contribution is 6.24. The van der Waals surface area contributed by atoms with Crippen molar-refractivity contribution in [2.24, 2.45) is 0 Å². The molecule has 0 amide bonds. The molecular weight excluding hydrogens is 128 g/mol. The summed E-state index contributed by atoms with van der Waals surface area (Å²) in [5, 5.41) is 8.44. The van der Waals surface area contributed by atoms with Crippen LogP contribution in [0, 0.1) is 0 Å². The van der Waals surface area contributed by atoms with Crippen LogP contribution < -0.4 is 0 Å². The Balaban J connectivity index is 3.05. The standard InChI is InChI=1S/C3H8O4Si/c1-3(4)2-7-8(5)6/h3-5H,2H2,1H3. The summed E-state index contributed by atoms with van der Waals surface area (Å²) in [6, 6.07) is 0. The highest BCUT2D eigenvalue weighted by Crippen LogP contribution is 1.79.